The van der Waals surface area contributed by atoms with Gasteiger partial charge in [0.1, 0.15) is 0 Å². The first-order chi connectivity index (χ1) is 5.88. The molecule has 0 bridgehead atoms. The molecule has 1 unspecified atom stereocenters. The molecule has 0 saturated carbocycles. The highest BCUT2D eigenvalue weighted by atomic mass is 79.9. The van der Waals surface area contributed by atoms with Gasteiger partial charge in [-0.3, -0.25) is 0 Å². The molecule has 0 heterocycles. The molecule has 78 valence electrons. The lowest BCUT2D eigenvalue weighted by molar-refractivity contribution is 0.637. The Labute approximate surface area is 107 Å². The third-order valence-electron chi connectivity index (χ3n) is 1.96. The van der Waals surface area contributed by atoms with Crippen molar-refractivity contribution in [3.05, 3.63) is 11.6 Å². The minimum absolute atomic E-state index is 0.182. The van der Waals surface area contributed by atoms with Crippen molar-refractivity contribution in [2.45, 2.75) is 42.8 Å². The zero-order valence-electron chi connectivity index (χ0n) is 8.41. The molecule has 0 aromatic heterocycles. The lowest BCUT2D eigenvalue weighted by atomic mass is 10.0. The Morgan fingerprint density at radius 2 is 2.00 bits per heavy atom. The fourth-order valence-corrected chi connectivity index (χ4v) is 1.94. The van der Waals surface area contributed by atoms with Crippen molar-refractivity contribution in [2.24, 2.45) is 0 Å². The van der Waals surface area contributed by atoms with Crippen LogP contribution >= 0.6 is 47.8 Å². The molecular formula is C10H17Br3. The summed E-state index contributed by atoms with van der Waals surface area (Å²) < 4.78 is 0.182. The Bertz CT molecular complexity index is 167. The van der Waals surface area contributed by atoms with Crippen LogP contribution in [-0.2, 0) is 0 Å². The zero-order chi connectivity index (χ0) is 10.5. The topological polar surface area (TPSA) is 0 Å². The molecule has 0 saturated heterocycles. The van der Waals surface area contributed by atoms with Crippen LogP contribution in [0.5, 0.6) is 0 Å². The third kappa shape index (κ3) is 7.15. The first-order valence-electron chi connectivity index (χ1n) is 4.42. The van der Waals surface area contributed by atoms with E-state index in [1.807, 2.05) is 0 Å². The summed E-state index contributed by atoms with van der Waals surface area (Å²) in [5.41, 5.74) is 1.46. The average Bonchev–Trinajstić information content (AvgIpc) is 1.99. The van der Waals surface area contributed by atoms with E-state index in [2.05, 4.69) is 74.6 Å². The van der Waals surface area contributed by atoms with E-state index in [1.165, 1.54) is 12.0 Å². The summed E-state index contributed by atoms with van der Waals surface area (Å²) in [7, 11) is 0. The molecule has 0 spiro atoms. The predicted octanol–water partition coefficient (Wildman–Crippen LogP) is 5.04. The Morgan fingerprint density at radius 1 is 1.46 bits per heavy atom. The van der Waals surface area contributed by atoms with E-state index in [0.29, 0.717) is 4.83 Å². The molecule has 3 heteroatoms. The van der Waals surface area contributed by atoms with Gasteiger partial charge in [-0.05, 0) is 33.6 Å². The van der Waals surface area contributed by atoms with Crippen LogP contribution in [0.4, 0.5) is 0 Å². The smallest absolute Gasteiger partial charge is 0.0326 e. The van der Waals surface area contributed by atoms with Crippen molar-refractivity contribution in [1.29, 1.82) is 0 Å². The highest BCUT2D eigenvalue weighted by Crippen LogP contribution is 2.30. The first-order valence-corrected chi connectivity index (χ1v) is 7.25. The molecule has 0 aliphatic heterocycles. The highest BCUT2D eigenvalue weighted by molar-refractivity contribution is 9.12. The van der Waals surface area contributed by atoms with Gasteiger partial charge >= 0.3 is 0 Å². The molecule has 0 aliphatic rings. The van der Waals surface area contributed by atoms with Gasteiger partial charge in [0.15, 0.2) is 0 Å². The van der Waals surface area contributed by atoms with Crippen LogP contribution in [0, 0.1) is 0 Å². The van der Waals surface area contributed by atoms with Gasteiger partial charge in [0.2, 0.25) is 0 Å². The van der Waals surface area contributed by atoms with E-state index in [-0.39, 0.29) is 4.32 Å². The minimum Gasteiger partial charge on any atom is -0.0883 e. The van der Waals surface area contributed by atoms with Gasteiger partial charge in [0.05, 0.1) is 0 Å². The van der Waals surface area contributed by atoms with Crippen molar-refractivity contribution in [2.75, 3.05) is 5.33 Å². The second-order valence-corrected chi connectivity index (χ2v) is 7.57. The minimum atomic E-state index is 0.182. The molecule has 0 fully saturated rings. The maximum Gasteiger partial charge on any atom is 0.0326 e. The summed E-state index contributed by atoms with van der Waals surface area (Å²) in [4.78, 5) is 0.527. The lowest BCUT2D eigenvalue weighted by Crippen LogP contribution is -2.23. The first kappa shape index (κ1) is 14.2. The van der Waals surface area contributed by atoms with Gasteiger partial charge in [-0.1, -0.05) is 59.4 Å². The Kier molecular flexibility index (Phi) is 7.23. The molecule has 0 rings (SSSR count). The molecule has 13 heavy (non-hydrogen) atoms. The van der Waals surface area contributed by atoms with Crippen molar-refractivity contribution in [3.8, 4) is 0 Å². The van der Waals surface area contributed by atoms with Gasteiger partial charge < -0.3 is 0 Å². The molecule has 1 atom stereocenters. The molecule has 0 aromatic rings. The van der Waals surface area contributed by atoms with Crippen LogP contribution in [0.25, 0.3) is 0 Å². The summed E-state index contributed by atoms with van der Waals surface area (Å²) in [6.45, 7) is 6.56. The lowest BCUT2D eigenvalue weighted by Gasteiger charge is -2.23. The zero-order valence-corrected chi connectivity index (χ0v) is 13.2. The van der Waals surface area contributed by atoms with Gasteiger partial charge in [-0.25, -0.2) is 0 Å². The van der Waals surface area contributed by atoms with Gasteiger partial charge in [-0.15, -0.1) is 0 Å². The van der Waals surface area contributed by atoms with E-state index in [4.69, 9.17) is 0 Å². The maximum atomic E-state index is 3.69. The molecule has 0 amide bonds. The second kappa shape index (κ2) is 6.62. The Hall–Kier alpha value is 1.18. The summed E-state index contributed by atoms with van der Waals surface area (Å²) >= 11 is 10.7. The van der Waals surface area contributed by atoms with Crippen molar-refractivity contribution in [1.82, 2.24) is 0 Å². The molecule has 0 aliphatic carbocycles. The maximum absolute atomic E-state index is 3.69. The quantitative estimate of drug-likeness (QED) is 0.465. The van der Waals surface area contributed by atoms with Gasteiger partial charge in [0.25, 0.3) is 0 Å². The number of alkyl halides is 3. The molecule has 0 radical (unpaired) electrons. The SMILES string of the molecule is CC(=CCBr)CCC(Br)C(C)(C)Br. The highest BCUT2D eigenvalue weighted by Gasteiger charge is 2.23. The van der Waals surface area contributed by atoms with Crippen LogP contribution in [-0.4, -0.2) is 14.5 Å². The summed E-state index contributed by atoms with van der Waals surface area (Å²) in [6, 6.07) is 0. The van der Waals surface area contributed by atoms with Gasteiger partial charge in [-0.2, -0.15) is 0 Å². The van der Waals surface area contributed by atoms with Crippen molar-refractivity contribution >= 4 is 47.8 Å². The van der Waals surface area contributed by atoms with Gasteiger partial charge in [0, 0.05) is 14.5 Å². The van der Waals surface area contributed by atoms with Crippen LogP contribution in [0.1, 0.15) is 33.6 Å². The monoisotopic (exact) mass is 374 g/mol. The van der Waals surface area contributed by atoms with E-state index in [0.717, 1.165) is 11.8 Å². The fourth-order valence-electron chi connectivity index (χ4n) is 0.931. The standard InChI is InChI=1S/C10H17Br3/c1-8(6-7-11)4-5-9(12)10(2,3)13/h6,9H,4-5,7H2,1-3H3. The Balaban J connectivity index is 3.83. The number of hydrogen-bond donors (Lipinski definition) is 0. The number of rotatable bonds is 5. The predicted molar refractivity (Wildman–Crippen MR) is 72.5 cm³/mol. The molecule has 0 N–H and O–H groups in total. The molecule has 0 aromatic carbocycles. The van der Waals surface area contributed by atoms with Crippen molar-refractivity contribution in [3.63, 3.8) is 0 Å². The Morgan fingerprint density at radius 3 is 2.38 bits per heavy atom. The largest absolute Gasteiger partial charge is 0.0883 e. The van der Waals surface area contributed by atoms with Crippen LogP contribution in [0.3, 0.4) is 0 Å². The summed E-state index contributed by atoms with van der Waals surface area (Å²) in [5, 5.41) is 0.962. The molecule has 0 nitrogen and oxygen atoms in total. The van der Waals surface area contributed by atoms with Crippen LogP contribution in [0.2, 0.25) is 0 Å². The van der Waals surface area contributed by atoms with Crippen LogP contribution in [0.15, 0.2) is 11.6 Å². The second-order valence-electron chi connectivity index (χ2n) is 3.78. The normalized spacial score (nSPS) is 16.0. The third-order valence-corrected chi connectivity index (χ3v) is 5.06. The number of hydrogen-bond acceptors (Lipinski definition) is 0. The number of halogens is 3. The van der Waals surface area contributed by atoms with E-state index in [1.54, 1.807) is 0 Å². The van der Waals surface area contributed by atoms with E-state index < -0.39 is 0 Å². The molecular weight excluding hydrogens is 360 g/mol. The van der Waals surface area contributed by atoms with Crippen molar-refractivity contribution < 1.29 is 0 Å². The summed E-state index contributed by atoms with van der Waals surface area (Å²) in [6.07, 6.45) is 4.56. The van der Waals surface area contributed by atoms with Crippen LogP contribution < -0.4 is 0 Å². The fraction of sp³-hybridized carbons (Fsp3) is 0.800. The van der Waals surface area contributed by atoms with E-state index in [9.17, 15) is 0 Å². The summed E-state index contributed by atoms with van der Waals surface area (Å²) in [5.74, 6) is 0. The number of allylic oxidation sites excluding steroid dienone is 2. The average molecular weight is 377 g/mol. The van der Waals surface area contributed by atoms with E-state index >= 15 is 0 Å².